The van der Waals surface area contributed by atoms with Gasteiger partial charge in [0.1, 0.15) is 6.07 Å². The van der Waals surface area contributed by atoms with Crippen LogP contribution in [0.2, 0.25) is 0 Å². The van der Waals surface area contributed by atoms with Gasteiger partial charge in [-0.25, -0.2) is 0 Å². The number of hydrogen-bond donors (Lipinski definition) is 2. The number of hydrogen-bond acceptors (Lipinski definition) is 4. The standard InChI is InChI=1S/C13H11BrN2OS/c14-12-5-11(2-1-9(12)6-15)16-7-13(17)10-3-4-18-8-10/h1-5,8,13,16-17H,7H2. The van der Waals surface area contributed by atoms with Crippen molar-refractivity contribution in [3.63, 3.8) is 0 Å². The molecule has 2 N–H and O–H groups in total. The van der Waals surface area contributed by atoms with Crippen LogP contribution >= 0.6 is 27.3 Å². The molecule has 1 heterocycles. The first-order valence-electron chi connectivity index (χ1n) is 5.34. The number of nitriles is 1. The lowest BCUT2D eigenvalue weighted by atomic mass is 10.2. The monoisotopic (exact) mass is 322 g/mol. The maximum absolute atomic E-state index is 9.92. The highest BCUT2D eigenvalue weighted by atomic mass is 79.9. The van der Waals surface area contributed by atoms with Gasteiger partial charge in [0, 0.05) is 16.7 Å². The van der Waals surface area contributed by atoms with Gasteiger partial charge in [0.25, 0.3) is 0 Å². The van der Waals surface area contributed by atoms with Crippen LogP contribution in [0.3, 0.4) is 0 Å². The van der Waals surface area contributed by atoms with Crippen molar-refractivity contribution < 1.29 is 5.11 Å². The average Bonchev–Trinajstić information content (AvgIpc) is 2.90. The molecule has 2 aromatic rings. The van der Waals surface area contributed by atoms with E-state index >= 15 is 0 Å². The predicted molar refractivity (Wildman–Crippen MR) is 76.6 cm³/mol. The van der Waals surface area contributed by atoms with E-state index in [1.165, 1.54) is 0 Å². The van der Waals surface area contributed by atoms with E-state index < -0.39 is 6.10 Å². The zero-order chi connectivity index (χ0) is 13.0. The Labute approximate surface area is 118 Å². The number of aliphatic hydroxyl groups excluding tert-OH is 1. The highest BCUT2D eigenvalue weighted by Crippen LogP contribution is 2.22. The summed E-state index contributed by atoms with van der Waals surface area (Å²) in [6.07, 6.45) is -0.523. The molecule has 1 aromatic carbocycles. The van der Waals surface area contributed by atoms with Gasteiger partial charge >= 0.3 is 0 Å². The summed E-state index contributed by atoms with van der Waals surface area (Å²) in [5.41, 5.74) is 2.38. The van der Waals surface area contributed by atoms with Gasteiger partial charge in [-0.2, -0.15) is 16.6 Å². The summed E-state index contributed by atoms with van der Waals surface area (Å²) >= 11 is 4.90. The highest BCUT2D eigenvalue weighted by molar-refractivity contribution is 9.10. The Kier molecular flexibility index (Phi) is 4.37. The van der Waals surface area contributed by atoms with Crippen molar-refractivity contribution in [3.05, 3.63) is 50.6 Å². The minimum absolute atomic E-state index is 0.440. The molecule has 0 aliphatic rings. The summed E-state index contributed by atoms with van der Waals surface area (Å²) in [7, 11) is 0. The Morgan fingerprint density at radius 1 is 1.44 bits per heavy atom. The molecule has 1 unspecified atom stereocenters. The summed E-state index contributed by atoms with van der Waals surface area (Å²) in [5, 5.41) is 25.7. The van der Waals surface area contributed by atoms with Crippen LogP contribution in [-0.4, -0.2) is 11.7 Å². The summed E-state index contributed by atoms with van der Waals surface area (Å²) in [4.78, 5) is 0. The van der Waals surface area contributed by atoms with Gasteiger partial charge in [0.05, 0.1) is 11.7 Å². The molecule has 0 saturated heterocycles. The zero-order valence-electron chi connectivity index (χ0n) is 9.43. The maximum atomic E-state index is 9.92. The lowest BCUT2D eigenvalue weighted by Gasteiger charge is -2.12. The fourth-order valence-electron chi connectivity index (χ4n) is 1.51. The lowest BCUT2D eigenvalue weighted by molar-refractivity contribution is 0.192. The first kappa shape index (κ1) is 13.1. The van der Waals surface area contributed by atoms with Crippen molar-refractivity contribution in [1.82, 2.24) is 0 Å². The van der Waals surface area contributed by atoms with Gasteiger partial charge in [-0.1, -0.05) is 0 Å². The van der Waals surface area contributed by atoms with E-state index in [9.17, 15) is 5.11 Å². The molecule has 0 fully saturated rings. The number of benzene rings is 1. The van der Waals surface area contributed by atoms with Gasteiger partial charge < -0.3 is 10.4 Å². The number of nitrogens with zero attached hydrogens (tertiary/aromatic N) is 1. The number of halogens is 1. The second-order valence-corrected chi connectivity index (χ2v) is 5.39. The van der Waals surface area contributed by atoms with E-state index in [2.05, 4.69) is 27.3 Å². The molecule has 0 amide bonds. The summed E-state index contributed by atoms with van der Waals surface area (Å²) in [5.74, 6) is 0. The molecule has 0 aliphatic heterocycles. The highest BCUT2D eigenvalue weighted by Gasteiger charge is 2.08. The molecule has 2 rings (SSSR count). The third kappa shape index (κ3) is 3.10. The maximum Gasteiger partial charge on any atom is 0.100 e. The normalized spacial score (nSPS) is 11.8. The molecular weight excluding hydrogens is 312 g/mol. The molecule has 3 nitrogen and oxygen atoms in total. The van der Waals surface area contributed by atoms with Crippen LogP contribution in [0, 0.1) is 11.3 Å². The van der Waals surface area contributed by atoms with Crippen LogP contribution in [-0.2, 0) is 0 Å². The Morgan fingerprint density at radius 2 is 2.28 bits per heavy atom. The summed E-state index contributed by atoms with van der Waals surface area (Å²) in [6.45, 7) is 0.440. The first-order chi connectivity index (χ1) is 8.70. The van der Waals surface area contributed by atoms with Crippen LogP contribution in [0.1, 0.15) is 17.2 Å². The van der Waals surface area contributed by atoms with Gasteiger partial charge in [-0.3, -0.25) is 0 Å². The lowest BCUT2D eigenvalue weighted by Crippen LogP contribution is -2.11. The molecule has 0 radical (unpaired) electrons. The molecule has 18 heavy (non-hydrogen) atoms. The van der Waals surface area contributed by atoms with E-state index in [1.54, 1.807) is 17.4 Å². The van der Waals surface area contributed by atoms with Crippen molar-refractivity contribution in [1.29, 1.82) is 5.26 Å². The minimum atomic E-state index is -0.523. The fraction of sp³-hybridized carbons (Fsp3) is 0.154. The van der Waals surface area contributed by atoms with E-state index in [-0.39, 0.29) is 0 Å². The largest absolute Gasteiger partial charge is 0.387 e. The Morgan fingerprint density at radius 3 is 2.89 bits per heavy atom. The third-order valence-electron chi connectivity index (χ3n) is 2.52. The summed E-state index contributed by atoms with van der Waals surface area (Å²) < 4.78 is 0.750. The second-order valence-electron chi connectivity index (χ2n) is 3.76. The van der Waals surface area contributed by atoms with Crippen LogP contribution in [0.4, 0.5) is 5.69 Å². The molecule has 0 bridgehead atoms. The quantitative estimate of drug-likeness (QED) is 0.905. The van der Waals surface area contributed by atoms with Crippen LogP contribution in [0.15, 0.2) is 39.5 Å². The Balaban J connectivity index is 1.99. The first-order valence-corrected chi connectivity index (χ1v) is 7.08. The molecule has 0 spiro atoms. The molecular formula is C13H11BrN2OS. The molecule has 92 valence electrons. The van der Waals surface area contributed by atoms with Gasteiger partial charge in [-0.05, 0) is 56.5 Å². The molecule has 5 heteroatoms. The van der Waals surface area contributed by atoms with Crippen molar-refractivity contribution >= 4 is 33.0 Å². The van der Waals surface area contributed by atoms with Crippen molar-refractivity contribution in [2.45, 2.75) is 6.10 Å². The van der Waals surface area contributed by atoms with E-state index in [0.29, 0.717) is 12.1 Å². The number of anilines is 1. The Hall–Kier alpha value is -1.35. The number of aliphatic hydroxyl groups is 1. The predicted octanol–water partition coefficient (Wildman–Crippen LogP) is 3.53. The topological polar surface area (TPSA) is 56.0 Å². The third-order valence-corrected chi connectivity index (χ3v) is 3.87. The number of thiophene rings is 1. The van der Waals surface area contributed by atoms with E-state index in [1.807, 2.05) is 29.0 Å². The minimum Gasteiger partial charge on any atom is -0.387 e. The van der Waals surface area contributed by atoms with Gasteiger partial charge in [-0.15, -0.1) is 0 Å². The SMILES string of the molecule is N#Cc1ccc(NCC(O)c2ccsc2)cc1Br. The second kappa shape index (κ2) is 6.01. The molecule has 0 aliphatic carbocycles. The van der Waals surface area contributed by atoms with Crippen LogP contribution in [0.5, 0.6) is 0 Å². The smallest absolute Gasteiger partial charge is 0.100 e. The Bertz CT molecular complexity index is 563. The van der Waals surface area contributed by atoms with Crippen LogP contribution < -0.4 is 5.32 Å². The molecule has 1 atom stereocenters. The molecule has 0 saturated carbocycles. The molecule has 1 aromatic heterocycles. The number of nitrogens with one attached hydrogen (secondary N) is 1. The number of rotatable bonds is 4. The van der Waals surface area contributed by atoms with E-state index in [0.717, 1.165) is 15.7 Å². The van der Waals surface area contributed by atoms with Gasteiger partial charge in [0.2, 0.25) is 0 Å². The van der Waals surface area contributed by atoms with Crippen molar-refractivity contribution in [2.75, 3.05) is 11.9 Å². The van der Waals surface area contributed by atoms with Crippen LogP contribution in [0.25, 0.3) is 0 Å². The van der Waals surface area contributed by atoms with Crippen molar-refractivity contribution in [3.8, 4) is 6.07 Å². The summed E-state index contributed by atoms with van der Waals surface area (Å²) in [6, 6.07) is 9.39. The van der Waals surface area contributed by atoms with E-state index in [4.69, 9.17) is 5.26 Å². The van der Waals surface area contributed by atoms with Crippen molar-refractivity contribution in [2.24, 2.45) is 0 Å². The van der Waals surface area contributed by atoms with Gasteiger partial charge in [0.15, 0.2) is 0 Å². The zero-order valence-corrected chi connectivity index (χ0v) is 11.8. The average molecular weight is 323 g/mol. The fourth-order valence-corrected chi connectivity index (χ4v) is 2.69.